The fraction of sp³-hybridized carbons (Fsp3) is 0.471. The Bertz CT molecular complexity index is 511. The van der Waals surface area contributed by atoms with Gasteiger partial charge in [0.25, 0.3) is 0 Å². The van der Waals surface area contributed by atoms with Crippen molar-refractivity contribution in [3.05, 3.63) is 48.5 Å². The van der Waals surface area contributed by atoms with E-state index in [1.165, 1.54) is 5.56 Å². The predicted octanol–water partition coefficient (Wildman–Crippen LogP) is 3.41. The third-order valence-electron chi connectivity index (χ3n) is 3.45. The van der Waals surface area contributed by atoms with E-state index in [1.54, 1.807) is 6.20 Å². The van der Waals surface area contributed by atoms with Crippen LogP contribution in [0.2, 0.25) is 0 Å². The lowest BCUT2D eigenvalue weighted by atomic mass is 10.1. The molecule has 0 aliphatic heterocycles. The molecule has 0 radical (unpaired) electrons. The van der Waals surface area contributed by atoms with Crippen molar-refractivity contribution in [2.75, 3.05) is 13.2 Å². The van der Waals surface area contributed by atoms with E-state index in [9.17, 15) is 0 Å². The van der Waals surface area contributed by atoms with Gasteiger partial charge in [-0.15, -0.1) is 0 Å². The minimum Gasteiger partial charge on any atom is -0.494 e. The highest BCUT2D eigenvalue weighted by Crippen LogP contribution is 2.19. The number of imidazole rings is 1. The van der Waals surface area contributed by atoms with Gasteiger partial charge in [0, 0.05) is 25.0 Å². The number of aromatic nitrogens is 2. The lowest BCUT2D eigenvalue weighted by molar-refractivity contribution is 0.301. The van der Waals surface area contributed by atoms with E-state index >= 15 is 0 Å². The van der Waals surface area contributed by atoms with Gasteiger partial charge in [0.05, 0.1) is 12.9 Å². The van der Waals surface area contributed by atoms with E-state index in [-0.39, 0.29) is 0 Å². The summed E-state index contributed by atoms with van der Waals surface area (Å²) in [5.74, 6) is 0.947. The second-order valence-corrected chi connectivity index (χ2v) is 5.25. The summed E-state index contributed by atoms with van der Waals surface area (Å²) in [6, 6.07) is 8.72. The van der Waals surface area contributed by atoms with Gasteiger partial charge in [0.15, 0.2) is 0 Å². The first-order valence-corrected chi connectivity index (χ1v) is 7.71. The molecule has 0 saturated heterocycles. The Balaban J connectivity index is 1.77. The molecular formula is C17H25N3O. The lowest BCUT2D eigenvalue weighted by Crippen LogP contribution is -2.19. The van der Waals surface area contributed by atoms with Crippen LogP contribution in [0.5, 0.6) is 5.75 Å². The third kappa shape index (κ3) is 5.23. The molecule has 0 spiro atoms. The van der Waals surface area contributed by atoms with Crippen LogP contribution in [0.3, 0.4) is 0 Å². The van der Waals surface area contributed by atoms with E-state index < -0.39 is 0 Å². The summed E-state index contributed by atoms with van der Waals surface area (Å²) < 4.78 is 7.90. The van der Waals surface area contributed by atoms with Crippen molar-refractivity contribution in [2.45, 2.75) is 39.3 Å². The summed E-state index contributed by atoms with van der Waals surface area (Å²) in [5, 5.41) is 3.50. The molecule has 114 valence electrons. The van der Waals surface area contributed by atoms with Gasteiger partial charge < -0.3 is 14.6 Å². The van der Waals surface area contributed by atoms with Gasteiger partial charge in [-0.25, -0.2) is 4.98 Å². The zero-order valence-corrected chi connectivity index (χ0v) is 13.0. The fourth-order valence-corrected chi connectivity index (χ4v) is 2.21. The molecule has 1 atom stereocenters. The minimum atomic E-state index is 0.361. The SMILES string of the molecule is CCCNC(C)c1cccc(OCCCn2ccnc2)c1. The molecule has 0 saturated carbocycles. The van der Waals surface area contributed by atoms with Gasteiger partial charge in [-0.1, -0.05) is 19.1 Å². The first kappa shape index (κ1) is 15.6. The standard InChI is InChI=1S/C17H25N3O/c1-3-8-19-15(2)16-6-4-7-17(13-16)21-12-5-10-20-11-9-18-14-20/h4,6-7,9,11,13-15,19H,3,5,8,10,12H2,1-2H3. The van der Waals surface area contributed by atoms with Crippen molar-refractivity contribution in [1.82, 2.24) is 14.9 Å². The van der Waals surface area contributed by atoms with E-state index in [0.29, 0.717) is 6.04 Å². The summed E-state index contributed by atoms with van der Waals surface area (Å²) >= 11 is 0. The zero-order valence-electron chi connectivity index (χ0n) is 13.0. The van der Waals surface area contributed by atoms with Crippen molar-refractivity contribution in [3.63, 3.8) is 0 Å². The first-order chi connectivity index (χ1) is 10.3. The average molecular weight is 287 g/mol. The van der Waals surface area contributed by atoms with Crippen molar-refractivity contribution < 1.29 is 4.74 Å². The smallest absolute Gasteiger partial charge is 0.119 e. The Kier molecular flexibility index (Phi) is 6.28. The number of nitrogens with zero attached hydrogens (tertiary/aromatic N) is 2. The summed E-state index contributed by atoms with van der Waals surface area (Å²) in [4.78, 5) is 4.03. The molecular weight excluding hydrogens is 262 g/mol. The second-order valence-electron chi connectivity index (χ2n) is 5.25. The minimum absolute atomic E-state index is 0.361. The summed E-state index contributed by atoms with van der Waals surface area (Å²) in [6.45, 7) is 7.07. The van der Waals surface area contributed by atoms with Crippen LogP contribution in [0, 0.1) is 0 Å². The number of hydrogen-bond acceptors (Lipinski definition) is 3. The van der Waals surface area contributed by atoms with Crippen LogP contribution < -0.4 is 10.1 Å². The molecule has 4 heteroatoms. The fourth-order valence-electron chi connectivity index (χ4n) is 2.21. The Morgan fingerprint density at radius 1 is 1.38 bits per heavy atom. The quantitative estimate of drug-likeness (QED) is 0.718. The number of hydrogen-bond donors (Lipinski definition) is 1. The molecule has 0 aliphatic rings. The molecule has 1 unspecified atom stereocenters. The topological polar surface area (TPSA) is 39.1 Å². The highest BCUT2D eigenvalue weighted by molar-refractivity contribution is 5.30. The van der Waals surface area contributed by atoms with Crippen LogP contribution in [-0.2, 0) is 6.54 Å². The van der Waals surface area contributed by atoms with Crippen LogP contribution in [0.15, 0.2) is 43.0 Å². The van der Waals surface area contributed by atoms with Crippen LogP contribution in [0.4, 0.5) is 0 Å². The highest BCUT2D eigenvalue weighted by atomic mass is 16.5. The molecule has 0 bridgehead atoms. The average Bonchev–Trinajstić information content (AvgIpc) is 3.03. The molecule has 1 heterocycles. The van der Waals surface area contributed by atoms with Crippen molar-refractivity contribution >= 4 is 0 Å². The number of aryl methyl sites for hydroxylation is 1. The maximum Gasteiger partial charge on any atom is 0.119 e. The molecule has 0 amide bonds. The Hall–Kier alpha value is -1.81. The van der Waals surface area contributed by atoms with Gasteiger partial charge in [-0.3, -0.25) is 0 Å². The lowest BCUT2D eigenvalue weighted by Gasteiger charge is -2.15. The highest BCUT2D eigenvalue weighted by Gasteiger charge is 2.05. The molecule has 1 aromatic heterocycles. The zero-order chi connectivity index (χ0) is 14.9. The third-order valence-corrected chi connectivity index (χ3v) is 3.45. The summed E-state index contributed by atoms with van der Waals surface area (Å²) in [6.07, 6.45) is 7.73. The molecule has 0 fully saturated rings. The predicted molar refractivity (Wildman–Crippen MR) is 85.5 cm³/mol. The molecule has 2 aromatic rings. The van der Waals surface area contributed by atoms with Gasteiger partial charge in [-0.05, 0) is 44.0 Å². The van der Waals surface area contributed by atoms with Crippen molar-refractivity contribution in [2.24, 2.45) is 0 Å². The molecule has 2 rings (SSSR count). The van der Waals surface area contributed by atoms with Crippen molar-refractivity contribution in [3.8, 4) is 5.75 Å². The van der Waals surface area contributed by atoms with E-state index in [1.807, 2.05) is 18.6 Å². The Morgan fingerprint density at radius 3 is 3.05 bits per heavy atom. The molecule has 0 aliphatic carbocycles. The monoisotopic (exact) mass is 287 g/mol. The Labute approximate surface area is 127 Å². The van der Waals surface area contributed by atoms with Crippen LogP contribution in [-0.4, -0.2) is 22.7 Å². The van der Waals surface area contributed by atoms with E-state index in [0.717, 1.165) is 38.3 Å². The largest absolute Gasteiger partial charge is 0.494 e. The van der Waals surface area contributed by atoms with Gasteiger partial charge in [0.1, 0.15) is 5.75 Å². The molecule has 21 heavy (non-hydrogen) atoms. The summed E-state index contributed by atoms with van der Waals surface area (Å²) in [5.41, 5.74) is 1.27. The molecule has 1 N–H and O–H groups in total. The van der Waals surface area contributed by atoms with Gasteiger partial charge in [-0.2, -0.15) is 0 Å². The molecule has 4 nitrogen and oxygen atoms in total. The van der Waals surface area contributed by atoms with E-state index in [4.69, 9.17) is 4.74 Å². The number of rotatable bonds is 9. The molecule has 1 aromatic carbocycles. The van der Waals surface area contributed by atoms with Gasteiger partial charge >= 0.3 is 0 Å². The van der Waals surface area contributed by atoms with Crippen LogP contribution >= 0.6 is 0 Å². The normalized spacial score (nSPS) is 12.3. The van der Waals surface area contributed by atoms with E-state index in [2.05, 4.69) is 46.9 Å². The second kappa shape index (κ2) is 8.47. The number of nitrogens with one attached hydrogen (secondary N) is 1. The Morgan fingerprint density at radius 2 is 2.29 bits per heavy atom. The van der Waals surface area contributed by atoms with Crippen LogP contribution in [0.1, 0.15) is 38.3 Å². The van der Waals surface area contributed by atoms with Crippen LogP contribution in [0.25, 0.3) is 0 Å². The summed E-state index contributed by atoms with van der Waals surface area (Å²) in [7, 11) is 0. The number of ether oxygens (including phenoxy) is 1. The maximum absolute atomic E-state index is 5.84. The number of benzene rings is 1. The maximum atomic E-state index is 5.84. The van der Waals surface area contributed by atoms with Crippen molar-refractivity contribution in [1.29, 1.82) is 0 Å². The first-order valence-electron chi connectivity index (χ1n) is 7.71. The van der Waals surface area contributed by atoms with Gasteiger partial charge in [0.2, 0.25) is 0 Å².